The lowest BCUT2D eigenvalue weighted by atomic mass is 9.90. The number of aromatic hydroxyl groups is 1. The Kier molecular flexibility index (Phi) is 6.07. The molecule has 1 aliphatic carbocycles. The molecule has 2 heterocycles. The van der Waals surface area contributed by atoms with Gasteiger partial charge in [0.05, 0.1) is 17.6 Å². The number of halogens is 4. The summed E-state index contributed by atoms with van der Waals surface area (Å²) in [4.78, 5) is 36.4. The first-order valence-electron chi connectivity index (χ1n) is 10.2. The molecule has 12 heteroatoms. The lowest BCUT2D eigenvalue weighted by Crippen LogP contribution is -2.40. The lowest BCUT2D eigenvalue weighted by molar-refractivity contribution is -0.135. The molecule has 2 aromatic rings. The van der Waals surface area contributed by atoms with Crippen molar-refractivity contribution in [1.29, 1.82) is 0 Å². The van der Waals surface area contributed by atoms with E-state index in [1.165, 1.54) is 22.8 Å². The van der Waals surface area contributed by atoms with Crippen molar-refractivity contribution in [1.82, 2.24) is 9.88 Å². The molecule has 0 saturated heterocycles. The van der Waals surface area contributed by atoms with E-state index in [-0.39, 0.29) is 34.6 Å². The van der Waals surface area contributed by atoms with Gasteiger partial charge in [-0.05, 0) is 24.8 Å². The smallest absolute Gasteiger partial charge is 0.416 e. The van der Waals surface area contributed by atoms with Crippen LogP contribution in [0.3, 0.4) is 0 Å². The molecular weight excluding hydrogens is 481 g/mol. The summed E-state index contributed by atoms with van der Waals surface area (Å²) in [7, 11) is 0. The van der Waals surface area contributed by atoms with E-state index < -0.39 is 59.1 Å². The van der Waals surface area contributed by atoms with E-state index in [2.05, 4.69) is 0 Å². The molecule has 2 unspecified atom stereocenters. The van der Waals surface area contributed by atoms with E-state index in [0.29, 0.717) is 6.42 Å². The zero-order valence-electron chi connectivity index (χ0n) is 17.4. The number of benzene rings is 1. The average Bonchev–Trinajstić information content (AvgIpc) is 2.75. The highest BCUT2D eigenvalue weighted by molar-refractivity contribution is 6.31. The number of carbonyl (C=O) groups excluding carboxylic acids is 1. The second kappa shape index (κ2) is 8.71. The Labute approximate surface area is 194 Å². The van der Waals surface area contributed by atoms with Crippen molar-refractivity contribution in [3.8, 4) is 11.5 Å². The third kappa shape index (κ3) is 4.47. The summed E-state index contributed by atoms with van der Waals surface area (Å²) in [6.45, 7) is -0.871. The van der Waals surface area contributed by atoms with Gasteiger partial charge in [-0.2, -0.15) is 13.2 Å². The van der Waals surface area contributed by atoms with E-state index in [1.807, 2.05) is 5.32 Å². The first-order chi connectivity index (χ1) is 16.0. The van der Waals surface area contributed by atoms with E-state index in [1.54, 1.807) is 0 Å². The number of nitrogens with zero attached hydrogens (tertiary/aromatic N) is 1. The van der Waals surface area contributed by atoms with E-state index in [4.69, 9.17) is 21.4 Å². The first kappa shape index (κ1) is 23.7. The van der Waals surface area contributed by atoms with Crippen LogP contribution in [0, 0.1) is 5.92 Å². The number of carboxylic acid groups (broad SMARTS) is 1. The molecule has 8 nitrogen and oxygen atoms in total. The molecule has 0 fully saturated rings. The predicted molar refractivity (Wildman–Crippen MR) is 115 cm³/mol. The summed E-state index contributed by atoms with van der Waals surface area (Å²) in [5.74, 6) is -3.49. The minimum Gasteiger partial charge on any atom is -0.506 e. The Morgan fingerprint density at radius 3 is 2.71 bits per heavy atom. The molecule has 0 radical (unpaired) electrons. The van der Waals surface area contributed by atoms with Gasteiger partial charge in [-0.3, -0.25) is 14.4 Å². The molecule has 4 rings (SSSR count). The summed E-state index contributed by atoms with van der Waals surface area (Å²) in [6.07, 6.45) is -1.15. The van der Waals surface area contributed by atoms with Gasteiger partial charge in [-0.25, -0.2) is 0 Å². The van der Waals surface area contributed by atoms with Crippen molar-refractivity contribution in [2.24, 2.45) is 5.92 Å². The van der Waals surface area contributed by atoms with Crippen molar-refractivity contribution >= 4 is 34.4 Å². The molecular formula is C22H18ClF3N2O6. The molecule has 1 aliphatic heterocycles. The monoisotopic (exact) mass is 498 g/mol. The van der Waals surface area contributed by atoms with Crippen LogP contribution in [0.15, 0.2) is 40.7 Å². The second-order valence-corrected chi connectivity index (χ2v) is 8.45. The Hall–Kier alpha value is -3.47. The number of rotatable bonds is 5. The fourth-order valence-electron chi connectivity index (χ4n) is 4.20. The maximum absolute atomic E-state index is 13.1. The molecule has 0 spiro atoms. The highest BCUT2D eigenvalue weighted by Gasteiger charge is 2.35. The number of carboxylic acids is 1. The van der Waals surface area contributed by atoms with Gasteiger partial charge in [0.15, 0.2) is 0 Å². The van der Waals surface area contributed by atoms with Crippen molar-refractivity contribution in [3.05, 3.63) is 56.9 Å². The lowest BCUT2D eigenvalue weighted by Gasteiger charge is -2.31. The topological polar surface area (TPSA) is 118 Å². The minimum atomic E-state index is -4.49. The standard InChI is InChI=1S/C22H18ClF3N2O6/c23-12-6-14-18-15(7-12)34-13(5-10-2-1-3-11(4-10)22(24,25)26)9-28(18)21(33)17(19(14)31)20(32)27-8-16(29)30/h1,3-4,6-7,10,13,31H,2,5,8-9H2,(H,27,32)(H,29,30). The molecule has 34 heavy (non-hydrogen) atoms. The molecule has 2 aliphatic rings. The van der Waals surface area contributed by atoms with Gasteiger partial charge < -0.3 is 24.8 Å². The molecule has 3 N–H and O–H groups in total. The number of aromatic nitrogens is 1. The Morgan fingerprint density at radius 2 is 2.03 bits per heavy atom. The van der Waals surface area contributed by atoms with Gasteiger partial charge in [-0.1, -0.05) is 29.8 Å². The third-order valence-corrected chi connectivity index (χ3v) is 5.83. The largest absolute Gasteiger partial charge is 0.506 e. The average molecular weight is 499 g/mol. The summed E-state index contributed by atoms with van der Waals surface area (Å²) in [5.41, 5.74) is -2.14. The molecule has 2 atom stereocenters. The molecule has 1 aromatic carbocycles. The van der Waals surface area contributed by atoms with Crippen LogP contribution >= 0.6 is 11.6 Å². The van der Waals surface area contributed by atoms with Gasteiger partial charge in [0.2, 0.25) is 0 Å². The predicted octanol–water partition coefficient (Wildman–Crippen LogP) is 3.39. The zero-order valence-corrected chi connectivity index (χ0v) is 18.1. The number of pyridine rings is 1. The van der Waals surface area contributed by atoms with Crippen LogP contribution in [0.5, 0.6) is 11.5 Å². The number of nitrogens with one attached hydrogen (secondary N) is 1. The fourth-order valence-corrected chi connectivity index (χ4v) is 4.41. The summed E-state index contributed by atoms with van der Waals surface area (Å²) in [5, 5.41) is 21.6. The number of ether oxygens (including phenoxy) is 1. The van der Waals surface area contributed by atoms with Gasteiger partial charge in [0.25, 0.3) is 11.5 Å². The fraction of sp³-hybridized carbons (Fsp3) is 0.318. The van der Waals surface area contributed by atoms with Crippen molar-refractivity contribution in [2.45, 2.75) is 31.7 Å². The zero-order chi connectivity index (χ0) is 24.8. The van der Waals surface area contributed by atoms with E-state index in [0.717, 1.165) is 12.2 Å². The molecule has 0 saturated carbocycles. The molecule has 1 aromatic heterocycles. The maximum Gasteiger partial charge on any atom is 0.416 e. The number of allylic oxidation sites excluding steroid dienone is 4. The number of hydrogen-bond acceptors (Lipinski definition) is 5. The van der Waals surface area contributed by atoms with E-state index in [9.17, 15) is 32.7 Å². The highest BCUT2D eigenvalue weighted by Crippen LogP contribution is 2.40. The van der Waals surface area contributed by atoms with Crippen molar-refractivity contribution < 1.29 is 37.7 Å². The van der Waals surface area contributed by atoms with Crippen LogP contribution in [-0.4, -0.2) is 45.5 Å². The third-order valence-electron chi connectivity index (χ3n) is 5.61. The number of amides is 1. The van der Waals surface area contributed by atoms with Crippen LogP contribution in [0.25, 0.3) is 10.9 Å². The van der Waals surface area contributed by atoms with Crippen molar-refractivity contribution in [2.75, 3.05) is 6.54 Å². The van der Waals surface area contributed by atoms with Crippen LogP contribution in [0.2, 0.25) is 5.02 Å². The van der Waals surface area contributed by atoms with Gasteiger partial charge in [-0.15, -0.1) is 0 Å². The SMILES string of the molecule is O=C(O)CNC(=O)c1c(O)c2cc(Cl)cc3c2n(c1=O)CC(CC1C=C(C(F)(F)F)C=CC1)O3. The van der Waals surface area contributed by atoms with Gasteiger partial charge in [0.1, 0.15) is 29.7 Å². The Morgan fingerprint density at radius 1 is 1.29 bits per heavy atom. The van der Waals surface area contributed by atoms with E-state index >= 15 is 0 Å². The summed E-state index contributed by atoms with van der Waals surface area (Å²) >= 11 is 6.13. The molecule has 180 valence electrons. The van der Waals surface area contributed by atoms with Crippen LogP contribution < -0.4 is 15.6 Å². The maximum atomic E-state index is 13.1. The quantitative estimate of drug-likeness (QED) is 0.581. The summed E-state index contributed by atoms with van der Waals surface area (Å²) < 4.78 is 46.4. The van der Waals surface area contributed by atoms with Crippen LogP contribution in [0.4, 0.5) is 13.2 Å². The van der Waals surface area contributed by atoms with Crippen LogP contribution in [0.1, 0.15) is 23.2 Å². The van der Waals surface area contributed by atoms with Crippen LogP contribution in [-0.2, 0) is 11.3 Å². The number of alkyl halides is 3. The molecule has 1 amide bonds. The molecule has 0 bridgehead atoms. The van der Waals surface area contributed by atoms with Crippen molar-refractivity contribution in [3.63, 3.8) is 0 Å². The minimum absolute atomic E-state index is 0.0425. The Bertz CT molecular complexity index is 1310. The number of hydrogen-bond donors (Lipinski definition) is 3. The van der Waals surface area contributed by atoms with Gasteiger partial charge >= 0.3 is 12.1 Å². The highest BCUT2D eigenvalue weighted by atomic mass is 35.5. The summed E-state index contributed by atoms with van der Waals surface area (Å²) in [6, 6.07) is 2.74. The second-order valence-electron chi connectivity index (χ2n) is 8.01. The Balaban J connectivity index is 1.73. The van der Waals surface area contributed by atoms with Gasteiger partial charge in [0, 0.05) is 16.5 Å². The number of aliphatic carboxylic acids is 1. The number of carbonyl (C=O) groups is 2. The normalized spacial score (nSPS) is 19.5. The first-order valence-corrected chi connectivity index (χ1v) is 10.5.